The molecule has 130 valence electrons. The molecule has 5 nitrogen and oxygen atoms in total. The maximum Gasteiger partial charge on any atom is 0.309 e. The molecule has 5 heteroatoms. The quantitative estimate of drug-likeness (QED) is 0.861. The van der Waals surface area contributed by atoms with E-state index in [1.165, 1.54) is 11.1 Å². The van der Waals surface area contributed by atoms with Crippen molar-refractivity contribution in [1.82, 2.24) is 10.2 Å². The molecule has 0 fully saturated rings. The van der Waals surface area contributed by atoms with Crippen molar-refractivity contribution in [2.75, 3.05) is 6.61 Å². The van der Waals surface area contributed by atoms with Gasteiger partial charge in [0.05, 0.1) is 18.2 Å². The fourth-order valence-electron chi connectivity index (χ4n) is 3.99. The zero-order valence-corrected chi connectivity index (χ0v) is 14.7. The Morgan fingerprint density at radius 1 is 1.33 bits per heavy atom. The average molecular weight is 330 g/mol. The summed E-state index contributed by atoms with van der Waals surface area (Å²) in [6, 6.07) is 0. The molecule has 0 aromatic carbocycles. The molecule has 1 unspecified atom stereocenters. The van der Waals surface area contributed by atoms with Gasteiger partial charge in [0.1, 0.15) is 5.78 Å². The molecule has 1 heterocycles. The zero-order valence-electron chi connectivity index (χ0n) is 14.7. The molecule has 0 saturated heterocycles. The fraction of sp³-hybridized carbons (Fsp3) is 0.632. The van der Waals surface area contributed by atoms with Gasteiger partial charge >= 0.3 is 5.97 Å². The molecule has 0 aliphatic heterocycles. The molecule has 3 atom stereocenters. The number of fused-ring (bicyclic) bond motifs is 1. The highest BCUT2D eigenvalue weighted by Crippen LogP contribution is 2.37. The molecular formula is C19H26N2O3. The van der Waals surface area contributed by atoms with Crippen molar-refractivity contribution < 1.29 is 14.3 Å². The second-order valence-corrected chi connectivity index (χ2v) is 7.03. The summed E-state index contributed by atoms with van der Waals surface area (Å²) in [6.45, 7) is 6.03. The van der Waals surface area contributed by atoms with E-state index in [1.807, 2.05) is 6.92 Å². The third-order valence-corrected chi connectivity index (χ3v) is 5.44. The Kier molecular flexibility index (Phi) is 4.88. The number of aromatic nitrogens is 2. The van der Waals surface area contributed by atoms with E-state index in [0.29, 0.717) is 6.61 Å². The number of esters is 1. The van der Waals surface area contributed by atoms with Gasteiger partial charge in [0.2, 0.25) is 0 Å². The Hall–Kier alpha value is -1.91. The number of ether oxygens (including phenoxy) is 1. The van der Waals surface area contributed by atoms with Crippen LogP contribution in [0.5, 0.6) is 0 Å². The predicted octanol–water partition coefficient (Wildman–Crippen LogP) is 3.10. The molecule has 2 aliphatic rings. The number of rotatable bonds is 4. The third-order valence-electron chi connectivity index (χ3n) is 5.44. The monoisotopic (exact) mass is 330 g/mol. The molecule has 0 radical (unpaired) electrons. The Bertz CT molecular complexity index is 674. The lowest BCUT2D eigenvalue weighted by molar-refractivity contribution is -0.149. The van der Waals surface area contributed by atoms with E-state index in [9.17, 15) is 9.59 Å². The van der Waals surface area contributed by atoms with E-state index in [4.69, 9.17) is 4.74 Å². The van der Waals surface area contributed by atoms with Crippen LogP contribution in [-0.4, -0.2) is 28.6 Å². The Morgan fingerprint density at radius 2 is 2.12 bits per heavy atom. The maximum absolute atomic E-state index is 12.0. The maximum atomic E-state index is 12.0. The topological polar surface area (TPSA) is 72.0 Å². The van der Waals surface area contributed by atoms with Gasteiger partial charge in [-0.15, -0.1) is 0 Å². The Balaban J connectivity index is 1.78. The van der Waals surface area contributed by atoms with Crippen molar-refractivity contribution in [2.45, 2.75) is 52.9 Å². The number of aromatic amines is 1. The van der Waals surface area contributed by atoms with Crippen LogP contribution in [0.4, 0.5) is 0 Å². The lowest BCUT2D eigenvalue weighted by atomic mass is 9.78. The van der Waals surface area contributed by atoms with E-state index in [-0.39, 0.29) is 29.5 Å². The number of nitrogens with zero attached hydrogens (tertiary/aromatic N) is 1. The number of ketones is 1. The standard InChI is InChI=1S/C19H26N2O3/c1-4-24-19(23)15-7-6-14(9-11(15)2)18-16-8-5-13(12(3)22)10-17(16)20-21-18/h9,11,13,15H,4-8,10H2,1-3H3,(H,20,21)/t11-,13?,15+/m0/s1. The van der Waals surface area contributed by atoms with Crippen LogP contribution in [0.15, 0.2) is 6.08 Å². The third kappa shape index (κ3) is 3.17. The number of H-pyrrole nitrogens is 1. The number of carbonyl (C=O) groups is 2. The first kappa shape index (κ1) is 16.9. The van der Waals surface area contributed by atoms with Crippen molar-refractivity contribution in [2.24, 2.45) is 17.8 Å². The normalized spacial score (nSPS) is 26.5. The van der Waals surface area contributed by atoms with Crippen LogP contribution in [0.2, 0.25) is 0 Å². The molecule has 0 amide bonds. The minimum absolute atomic E-state index is 0.0504. The number of carbonyl (C=O) groups excluding carboxylic acids is 2. The average Bonchev–Trinajstić information content (AvgIpc) is 2.97. The first-order valence-corrected chi connectivity index (χ1v) is 8.95. The molecule has 1 N–H and O–H groups in total. The van der Waals surface area contributed by atoms with Gasteiger partial charge in [0.25, 0.3) is 0 Å². The summed E-state index contributed by atoms with van der Waals surface area (Å²) in [7, 11) is 0. The highest BCUT2D eigenvalue weighted by Gasteiger charge is 2.32. The molecule has 1 aromatic rings. The van der Waals surface area contributed by atoms with Crippen LogP contribution in [-0.2, 0) is 27.2 Å². The summed E-state index contributed by atoms with van der Waals surface area (Å²) in [6.07, 6.45) is 6.41. The number of allylic oxidation sites excluding steroid dienone is 2. The van der Waals surface area contributed by atoms with E-state index < -0.39 is 0 Å². The van der Waals surface area contributed by atoms with Crippen molar-refractivity contribution in [3.8, 4) is 0 Å². The van der Waals surface area contributed by atoms with E-state index in [0.717, 1.165) is 43.5 Å². The molecular weight excluding hydrogens is 304 g/mol. The predicted molar refractivity (Wildman–Crippen MR) is 91.3 cm³/mol. The second kappa shape index (κ2) is 6.91. The molecule has 3 rings (SSSR count). The van der Waals surface area contributed by atoms with Gasteiger partial charge in [0, 0.05) is 17.2 Å². The van der Waals surface area contributed by atoms with Gasteiger partial charge in [-0.2, -0.15) is 5.10 Å². The summed E-state index contributed by atoms with van der Waals surface area (Å²) < 4.78 is 5.18. The summed E-state index contributed by atoms with van der Waals surface area (Å²) in [5.74, 6) is 0.408. The van der Waals surface area contributed by atoms with Crippen molar-refractivity contribution in [3.05, 3.63) is 23.0 Å². The van der Waals surface area contributed by atoms with Crippen molar-refractivity contribution in [3.63, 3.8) is 0 Å². The van der Waals surface area contributed by atoms with Crippen molar-refractivity contribution >= 4 is 17.3 Å². The van der Waals surface area contributed by atoms with Gasteiger partial charge in [-0.3, -0.25) is 14.7 Å². The van der Waals surface area contributed by atoms with Gasteiger partial charge < -0.3 is 4.74 Å². The Morgan fingerprint density at radius 3 is 2.79 bits per heavy atom. The zero-order chi connectivity index (χ0) is 17.3. The minimum atomic E-state index is -0.0892. The fourth-order valence-corrected chi connectivity index (χ4v) is 3.99. The lowest BCUT2D eigenvalue weighted by Gasteiger charge is -2.26. The lowest BCUT2D eigenvalue weighted by Crippen LogP contribution is -2.26. The van der Waals surface area contributed by atoms with Crippen LogP contribution in [0.1, 0.15) is 57.0 Å². The summed E-state index contributed by atoms with van der Waals surface area (Å²) in [4.78, 5) is 23.7. The van der Waals surface area contributed by atoms with E-state index >= 15 is 0 Å². The molecule has 0 spiro atoms. The number of hydrogen-bond donors (Lipinski definition) is 1. The van der Waals surface area contributed by atoms with E-state index in [2.05, 4.69) is 23.2 Å². The SMILES string of the molecule is CCOC(=O)[C@@H]1CCC(c2n[nH]c3c2CCC(C(C)=O)C3)=C[C@@H]1C. The van der Waals surface area contributed by atoms with Crippen LogP contribution >= 0.6 is 0 Å². The molecule has 0 saturated carbocycles. The minimum Gasteiger partial charge on any atom is -0.466 e. The summed E-state index contributed by atoms with van der Waals surface area (Å²) in [5.41, 5.74) is 4.64. The van der Waals surface area contributed by atoms with Crippen molar-refractivity contribution in [1.29, 1.82) is 0 Å². The van der Waals surface area contributed by atoms with Gasteiger partial charge in [-0.25, -0.2) is 0 Å². The molecule has 0 bridgehead atoms. The summed E-state index contributed by atoms with van der Waals surface area (Å²) in [5, 5.41) is 7.68. The molecule has 24 heavy (non-hydrogen) atoms. The van der Waals surface area contributed by atoms with Gasteiger partial charge in [0.15, 0.2) is 0 Å². The van der Waals surface area contributed by atoms with Gasteiger partial charge in [-0.1, -0.05) is 13.0 Å². The highest BCUT2D eigenvalue weighted by molar-refractivity contribution is 5.79. The van der Waals surface area contributed by atoms with Crippen LogP contribution in [0.25, 0.3) is 5.57 Å². The first-order valence-electron chi connectivity index (χ1n) is 8.95. The smallest absolute Gasteiger partial charge is 0.309 e. The highest BCUT2D eigenvalue weighted by atomic mass is 16.5. The molecule has 1 aromatic heterocycles. The largest absolute Gasteiger partial charge is 0.466 e. The number of hydrogen-bond acceptors (Lipinski definition) is 4. The van der Waals surface area contributed by atoms with E-state index in [1.54, 1.807) is 6.92 Å². The first-order chi connectivity index (χ1) is 11.5. The summed E-state index contributed by atoms with van der Waals surface area (Å²) >= 11 is 0. The van der Waals surface area contributed by atoms with Gasteiger partial charge in [-0.05, 0) is 57.4 Å². The van der Waals surface area contributed by atoms with Crippen LogP contribution in [0.3, 0.4) is 0 Å². The molecule has 2 aliphatic carbocycles. The second-order valence-electron chi connectivity index (χ2n) is 7.03. The van der Waals surface area contributed by atoms with Crippen LogP contribution < -0.4 is 0 Å². The number of nitrogens with one attached hydrogen (secondary N) is 1. The number of Topliss-reactive ketones (excluding diaryl/α,β-unsaturated/α-hetero) is 1. The Labute approximate surface area is 142 Å². The van der Waals surface area contributed by atoms with Crippen LogP contribution in [0, 0.1) is 17.8 Å².